The van der Waals surface area contributed by atoms with E-state index in [2.05, 4.69) is 10.6 Å². The van der Waals surface area contributed by atoms with E-state index in [9.17, 15) is 14.4 Å². The maximum absolute atomic E-state index is 11.8. The van der Waals surface area contributed by atoms with Crippen molar-refractivity contribution in [2.75, 3.05) is 18.9 Å². The van der Waals surface area contributed by atoms with E-state index in [1.165, 1.54) is 6.07 Å². The Hall–Kier alpha value is -2.57. The van der Waals surface area contributed by atoms with E-state index in [4.69, 9.17) is 10.5 Å². The van der Waals surface area contributed by atoms with Crippen LogP contribution in [0.3, 0.4) is 0 Å². The van der Waals surface area contributed by atoms with Gasteiger partial charge < -0.3 is 21.1 Å². The molecule has 0 spiro atoms. The van der Waals surface area contributed by atoms with Crippen molar-refractivity contribution in [2.24, 2.45) is 0 Å². The van der Waals surface area contributed by atoms with Crippen molar-refractivity contribution in [3.63, 3.8) is 0 Å². The number of nitrogens with two attached hydrogens (primary N) is 1. The normalized spacial score (nSPS) is 11.4. The number of anilines is 1. The summed E-state index contributed by atoms with van der Waals surface area (Å²) >= 11 is 0. The number of esters is 1. The van der Waals surface area contributed by atoms with Gasteiger partial charge in [-0.25, -0.2) is 4.79 Å². The van der Waals surface area contributed by atoms with Gasteiger partial charge in [-0.1, -0.05) is 13.0 Å². The number of ether oxygens (including phenoxy) is 1. The molecule has 0 aliphatic carbocycles. The molecule has 0 aliphatic heterocycles. The Kier molecular flexibility index (Phi) is 7.05. The second-order valence-electron chi connectivity index (χ2n) is 5.23. The zero-order chi connectivity index (χ0) is 17.4. The van der Waals surface area contributed by atoms with Crippen LogP contribution in [0.2, 0.25) is 0 Å². The molecule has 0 fully saturated rings. The first-order chi connectivity index (χ1) is 10.8. The van der Waals surface area contributed by atoms with Crippen LogP contribution in [0.5, 0.6) is 0 Å². The van der Waals surface area contributed by atoms with Crippen LogP contribution >= 0.6 is 0 Å². The average molecular weight is 321 g/mol. The van der Waals surface area contributed by atoms with Crippen molar-refractivity contribution < 1.29 is 19.1 Å². The van der Waals surface area contributed by atoms with E-state index in [0.717, 1.165) is 12.0 Å². The molecule has 1 atom stereocenters. The highest BCUT2D eigenvalue weighted by molar-refractivity contribution is 5.93. The molecular weight excluding hydrogens is 298 g/mol. The third-order valence-electron chi connectivity index (χ3n) is 3.17. The predicted octanol–water partition coefficient (Wildman–Crippen LogP) is 0.765. The summed E-state index contributed by atoms with van der Waals surface area (Å²) < 4.78 is 4.91. The minimum absolute atomic E-state index is 0.273. The molecular formula is C16H23N3O4. The minimum atomic E-state index is -0.692. The van der Waals surface area contributed by atoms with Gasteiger partial charge in [0.1, 0.15) is 6.04 Å². The van der Waals surface area contributed by atoms with Crippen LogP contribution < -0.4 is 16.4 Å². The molecule has 1 aromatic rings. The Morgan fingerprint density at radius 1 is 1.30 bits per heavy atom. The van der Waals surface area contributed by atoms with E-state index in [1.807, 2.05) is 13.8 Å². The van der Waals surface area contributed by atoms with Crippen LogP contribution in [0, 0.1) is 6.92 Å². The molecule has 1 rings (SSSR count). The highest BCUT2D eigenvalue weighted by atomic mass is 16.5. The predicted molar refractivity (Wildman–Crippen MR) is 86.8 cm³/mol. The van der Waals surface area contributed by atoms with Gasteiger partial charge in [-0.2, -0.15) is 0 Å². The molecule has 0 saturated heterocycles. The largest absolute Gasteiger partial charge is 0.452 e. The second kappa shape index (κ2) is 8.77. The Balaban J connectivity index is 2.44. The Morgan fingerprint density at radius 2 is 2.00 bits per heavy atom. The molecule has 2 amide bonds. The number of hydrogen-bond donors (Lipinski definition) is 3. The molecule has 4 N–H and O–H groups in total. The van der Waals surface area contributed by atoms with Crippen molar-refractivity contribution in [3.8, 4) is 0 Å². The molecule has 0 unspecified atom stereocenters. The molecule has 7 heteroatoms. The summed E-state index contributed by atoms with van der Waals surface area (Å²) in [7, 11) is 0. The maximum atomic E-state index is 11.8. The summed E-state index contributed by atoms with van der Waals surface area (Å²) in [5.74, 6) is -1.47. The quantitative estimate of drug-likeness (QED) is 0.507. The summed E-state index contributed by atoms with van der Waals surface area (Å²) in [6, 6.07) is 4.08. The number of aryl methyl sites for hydroxylation is 1. The van der Waals surface area contributed by atoms with Crippen LogP contribution in [0.1, 0.15) is 36.2 Å². The summed E-state index contributed by atoms with van der Waals surface area (Å²) in [6.07, 6.45) is 0.809. The lowest BCUT2D eigenvalue weighted by atomic mass is 10.1. The first kappa shape index (κ1) is 18.5. The lowest BCUT2D eigenvalue weighted by Crippen LogP contribution is -2.46. The van der Waals surface area contributed by atoms with Gasteiger partial charge in [0.05, 0.1) is 5.56 Å². The molecule has 0 bridgehead atoms. The molecule has 0 saturated carbocycles. The molecule has 1 aromatic carbocycles. The zero-order valence-corrected chi connectivity index (χ0v) is 13.6. The lowest BCUT2D eigenvalue weighted by Gasteiger charge is -2.14. The third kappa shape index (κ3) is 5.98. The third-order valence-corrected chi connectivity index (χ3v) is 3.17. The van der Waals surface area contributed by atoms with Crippen molar-refractivity contribution in [1.29, 1.82) is 0 Å². The molecule has 126 valence electrons. The molecule has 0 aliphatic rings. The standard InChI is InChI=1S/C16H23N3O4/c1-4-7-18-15(21)11(3)19-14(20)9-23-16(22)12-6-5-10(2)13(17)8-12/h5-6,8,11H,4,7,9,17H2,1-3H3,(H,18,21)(H,19,20)/t11-/m0/s1. The van der Waals surface area contributed by atoms with Crippen LogP contribution in [-0.2, 0) is 14.3 Å². The topological polar surface area (TPSA) is 111 Å². The second-order valence-corrected chi connectivity index (χ2v) is 5.23. The van der Waals surface area contributed by atoms with Gasteiger partial charge in [0.15, 0.2) is 6.61 Å². The fourth-order valence-electron chi connectivity index (χ4n) is 1.73. The number of nitrogens with one attached hydrogen (secondary N) is 2. The highest BCUT2D eigenvalue weighted by Gasteiger charge is 2.16. The summed E-state index contributed by atoms with van der Waals surface area (Å²) in [5.41, 5.74) is 7.32. The Bertz CT molecular complexity index is 587. The van der Waals surface area contributed by atoms with Gasteiger partial charge in [-0.3, -0.25) is 9.59 Å². The summed E-state index contributed by atoms with van der Waals surface area (Å²) in [5, 5.41) is 5.13. The van der Waals surface area contributed by atoms with E-state index in [1.54, 1.807) is 19.1 Å². The van der Waals surface area contributed by atoms with Crippen molar-refractivity contribution in [3.05, 3.63) is 29.3 Å². The Labute approximate surface area is 135 Å². The number of nitrogen functional groups attached to an aromatic ring is 1. The number of hydrogen-bond acceptors (Lipinski definition) is 5. The molecule has 0 radical (unpaired) electrons. The highest BCUT2D eigenvalue weighted by Crippen LogP contribution is 2.13. The van der Waals surface area contributed by atoms with Crippen LogP contribution in [0.4, 0.5) is 5.69 Å². The molecule has 7 nitrogen and oxygen atoms in total. The van der Waals surface area contributed by atoms with Gasteiger partial charge in [0.25, 0.3) is 5.91 Å². The number of carbonyl (C=O) groups is 3. The van der Waals surface area contributed by atoms with Crippen LogP contribution in [0.25, 0.3) is 0 Å². The Morgan fingerprint density at radius 3 is 2.61 bits per heavy atom. The van der Waals surface area contributed by atoms with Gasteiger partial charge >= 0.3 is 5.97 Å². The summed E-state index contributed by atoms with van der Waals surface area (Å²) in [6.45, 7) is 5.40. The smallest absolute Gasteiger partial charge is 0.338 e. The van der Waals surface area contributed by atoms with E-state index >= 15 is 0 Å². The van der Waals surface area contributed by atoms with Gasteiger partial charge in [0.2, 0.25) is 5.91 Å². The molecule has 23 heavy (non-hydrogen) atoms. The van der Waals surface area contributed by atoms with E-state index in [0.29, 0.717) is 12.2 Å². The first-order valence-corrected chi connectivity index (χ1v) is 7.45. The van der Waals surface area contributed by atoms with Gasteiger partial charge in [0, 0.05) is 12.2 Å². The average Bonchev–Trinajstić information content (AvgIpc) is 2.52. The minimum Gasteiger partial charge on any atom is -0.452 e. The number of rotatable bonds is 7. The van der Waals surface area contributed by atoms with Gasteiger partial charge in [-0.05, 0) is 38.0 Å². The van der Waals surface area contributed by atoms with Crippen LogP contribution in [-0.4, -0.2) is 37.0 Å². The van der Waals surface area contributed by atoms with Crippen LogP contribution in [0.15, 0.2) is 18.2 Å². The fourth-order valence-corrected chi connectivity index (χ4v) is 1.73. The molecule has 0 heterocycles. The van der Waals surface area contributed by atoms with Crippen molar-refractivity contribution in [1.82, 2.24) is 10.6 Å². The van der Waals surface area contributed by atoms with E-state index < -0.39 is 24.5 Å². The first-order valence-electron chi connectivity index (χ1n) is 7.45. The van der Waals surface area contributed by atoms with Crippen molar-refractivity contribution in [2.45, 2.75) is 33.2 Å². The lowest BCUT2D eigenvalue weighted by molar-refractivity contribution is -0.130. The maximum Gasteiger partial charge on any atom is 0.338 e. The number of amides is 2. The zero-order valence-electron chi connectivity index (χ0n) is 13.6. The van der Waals surface area contributed by atoms with Gasteiger partial charge in [-0.15, -0.1) is 0 Å². The summed E-state index contributed by atoms with van der Waals surface area (Å²) in [4.78, 5) is 35.2. The van der Waals surface area contributed by atoms with Crippen molar-refractivity contribution >= 4 is 23.5 Å². The number of benzene rings is 1. The number of carbonyl (C=O) groups excluding carboxylic acids is 3. The van der Waals surface area contributed by atoms with E-state index in [-0.39, 0.29) is 11.5 Å². The SMILES string of the molecule is CCCNC(=O)[C@H](C)NC(=O)COC(=O)c1ccc(C)c(N)c1. The fraction of sp³-hybridized carbons (Fsp3) is 0.438. The molecule has 0 aromatic heterocycles. The monoisotopic (exact) mass is 321 g/mol.